The number of carbonyl (C=O) groups is 2. The van der Waals surface area contributed by atoms with Crippen LogP contribution in [0.2, 0.25) is 0 Å². The lowest BCUT2D eigenvalue weighted by molar-refractivity contribution is -0.142. The first-order valence-corrected chi connectivity index (χ1v) is 10.8. The van der Waals surface area contributed by atoms with Crippen molar-refractivity contribution in [3.63, 3.8) is 0 Å². The summed E-state index contributed by atoms with van der Waals surface area (Å²) in [6.45, 7) is 1.18. The Kier molecular flexibility index (Phi) is 8.23. The maximum absolute atomic E-state index is 12.8. The van der Waals surface area contributed by atoms with Crippen LogP contribution in [-0.2, 0) is 20.9 Å². The van der Waals surface area contributed by atoms with Gasteiger partial charge in [0.2, 0.25) is 0 Å². The molecular formula is C25H26N4O6. The molecule has 0 saturated heterocycles. The van der Waals surface area contributed by atoms with Crippen molar-refractivity contribution < 1.29 is 19.1 Å². The number of aromatic amines is 1. The zero-order valence-electron chi connectivity index (χ0n) is 19.4. The van der Waals surface area contributed by atoms with Gasteiger partial charge in [-0.25, -0.2) is 9.59 Å². The number of hydrogen-bond acceptors (Lipinski definition) is 7. The molecular weight excluding hydrogens is 452 g/mol. The quantitative estimate of drug-likeness (QED) is 0.353. The first-order chi connectivity index (χ1) is 16.8. The maximum Gasteiger partial charge on any atom is 0.331 e. The predicted molar refractivity (Wildman–Crippen MR) is 132 cm³/mol. The molecule has 10 nitrogen and oxygen atoms in total. The summed E-state index contributed by atoms with van der Waals surface area (Å²) in [5.41, 5.74) is 5.96. The molecule has 3 aromatic rings. The number of ether oxygens (including phenoxy) is 2. The molecule has 0 spiro atoms. The summed E-state index contributed by atoms with van der Waals surface area (Å²) in [4.78, 5) is 53.1. The highest BCUT2D eigenvalue weighted by atomic mass is 16.5. The van der Waals surface area contributed by atoms with Crippen molar-refractivity contribution in [1.29, 1.82) is 0 Å². The second-order valence-corrected chi connectivity index (χ2v) is 7.42. The van der Waals surface area contributed by atoms with Gasteiger partial charge in [0.05, 0.1) is 13.7 Å². The maximum atomic E-state index is 12.8. The standard InChI is InChI=1S/C25H26N4O6/c1-3-28(20(30)16-35-21(31)13-12-17-10-7-11-19(14-17)34-2)22-23(26)29(25(33)27-24(22)32)15-18-8-5-4-6-9-18/h4-14H,3,15-16,26H2,1-2H3,(H,27,32,33)/b13-12+. The Morgan fingerprint density at radius 1 is 1.11 bits per heavy atom. The van der Waals surface area contributed by atoms with Gasteiger partial charge in [-0.3, -0.25) is 19.1 Å². The van der Waals surface area contributed by atoms with Crippen molar-refractivity contribution in [2.75, 3.05) is 30.9 Å². The van der Waals surface area contributed by atoms with Crippen LogP contribution < -0.4 is 26.6 Å². The number of esters is 1. The van der Waals surface area contributed by atoms with E-state index >= 15 is 0 Å². The van der Waals surface area contributed by atoms with Crippen molar-refractivity contribution in [2.24, 2.45) is 0 Å². The molecule has 3 N–H and O–H groups in total. The molecule has 0 aliphatic carbocycles. The van der Waals surface area contributed by atoms with E-state index in [0.717, 1.165) is 10.5 Å². The number of H-pyrrole nitrogens is 1. The summed E-state index contributed by atoms with van der Waals surface area (Å²) in [6, 6.07) is 16.1. The van der Waals surface area contributed by atoms with E-state index in [1.165, 1.54) is 23.8 Å². The highest BCUT2D eigenvalue weighted by Gasteiger charge is 2.23. The van der Waals surface area contributed by atoms with Crippen LogP contribution in [0.25, 0.3) is 6.08 Å². The third kappa shape index (κ3) is 6.26. The van der Waals surface area contributed by atoms with Crippen molar-refractivity contribution in [1.82, 2.24) is 9.55 Å². The van der Waals surface area contributed by atoms with Gasteiger partial charge in [-0.15, -0.1) is 0 Å². The van der Waals surface area contributed by atoms with Gasteiger partial charge < -0.3 is 20.1 Å². The van der Waals surface area contributed by atoms with Crippen LogP contribution in [-0.4, -0.2) is 41.7 Å². The van der Waals surface area contributed by atoms with Crippen LogP contribution in [0.3, 0.4) is 0 Å². The van der Waals surface area contributed by atoms with Crippen molar-refractivity contribution in [3.05, 3.63) is 92.6 Å². The fraction of sp³-hybridized carbons (Fsp3) is 0.200. The van der Waals surface area contributed by atoms with Crippen LogP contribution in [0.5, 0.6) is 5.75 Å². The number of nitrogen functional groups attached to an aromatic ring is 1. The van der Waals surface area contributed by atoms with Crippen LogP contribution in [0.15, 0.2) is 70.3 Å². The lowest BCUT2D eigenvalue weighted by atomic mass is 10.2. The summed E-state index contributed by atoms with van der Waals surface area (Å²) >= 11 is 0. The fourth-order valence-electron chi connectivity index (χ4n) is 3.39. The number of nitrogens with two attached hydrogens (primary N) is 1. The van der Waals surface area contributed by atoms with E-state index in [1.807, 2.05) is 18.2 Å². The number of carbonyl (C=O) groups excluding carboxylic acids is 2. The van der Waals surface area contributed by atoms with Gasteiger partial charge >= 0.3 is 11.7 Å². The average molecular weight is 479 g/mol. The van der Waals surface area contributed by atoms with Crippen LogP contribution >= 0.6 is 0 Å². The van der Waals surface area contributed by atoms with Crippen LogP contribution in [0.1, 0.15) is 18.1 Å². The van der Waals surface area contributed by atoms with E-state index in [2.05, 4.69) is 4.98 Å². The van der Waals surface area contributed by atoms with Crippen molar-refractivity contribution in [3.8, 4) is 5.75 Å². The number of nitrogens with one attached hydrogen (secondary N) is 1. The van der Waals surface area contributed by atoms with E-state index in [0.29, 0.717) is 11.3 Å². The normalized spacial score (nSPS) is 10.8. The van der Waals surface area contributed by atoms with E-state index in [1.54, 1.807) is 43.3 Å². The highest BCUT2D eigenvalue weighted by molar-refractivity contribution is 5.98. The lowest BCUT2D eigenvalue weighted by Gasteiger charge is -2.23. The van der Waals surface area contributed by atoms with E-state index in [4.69, 9.17) is 15.2 Å². The smallest absolute Gasteiger partial charge is 0.331 e. The number of hydrogen-bond donors (Lipinski definition) is 2. The number of methoxy groups -OCH3 is 1. The molecule has 0 fully saturated rings. The van der Waals surface area contributed by atoms with Gasteiger partial charge in [0.25, 0.3) is 11.5 Å². The van der Waals surface area contributed by atoms with E-state index < -0.39 is 29.7 Å². The number of amides is 1. The van der Waals surface area contributed by atoms with Gasteiger partial charge in [-0.1, -0.05) is 42.5 Å². The molecule has 3 rings (SSSR count). The second kappa shape index (κ2) is 11.5. The van der Waals surface area contributed by atoms with E-state index in [9.17, 15) is 19.2 Å². The zero-order chi connectivity index (χ0) is 25.4. The molecule has 10 heteroatoms. The van der Waals surface area contributed by atoms with Gasteiger partial charge in [-0.2, -0.15) is 0 Å². The second-order valence-electron chi connectivity index (χ2n) is 7.42. The predicted octanol–water partition coefficient (Wildman–Crippen LogP) is 1.79. The Balaban J connectivity index is 1.75. The topological polar surface area (TPSA) is 137 Å². The van der Waals surface area contributed by atoms with Crippen molar-refractivity contribution >= 4 is 29.5 Å². The Bertz CT molecular complexity index is 1340. The molecule has 1 heterocycles. The third-order valence-electron chi connectivity index (χ3n) is 5.13. The molecule has 182 valence electrons. The molecule has 35 heavy (non-hydrogen) atoms. The van der Waals surface area contributed by atoms with Crippen LogP contribution in [0, 0.1) is 0 Å². The van der Waals surface area contributed by atoms with Gasteiger partial charge in [0, 0.05) is 12.6 Å². The number of anilines is 2. The summed E-state index contributed by atoms with van der Waals surface area (Å²) < 4.78 is 11.3. The first kappa shape index (κ1) is 25.0. The average Bonchev–Trinajstić information content (AvgIpc) is 2.87. The molecule has 0 unspecified atom stereocenters. The van der Waals surface area contributed by atoms with Gasteiger partial charge in [0.1, 0.15) is 11.6 Å². The van der Waals surface area contributed by atoms with Crippen molar-refractivity contribution in [2.45, 2.75) is 13.5 Å². The van der Waals surface area contributed by atoms with Gasteiger partial charge in [0.15, 0.2) is 12.3 Å². The molecule has 0 aliphatic heterocycles. The molecule has 2 aromatic carbocycles. The minimum atomic E-state index is -0.809. The molecule has 1 amide bonds. The molecule has 0 saturated carbocycles. The summed E-state index contributed by atoms with van der Waals surface area (Å²) in [5.74, 6) is -0.946. The minimum absolute atomic E-state index is 0.0624. The molecule has 0 radical (unpaired) electrons. The van der Waals surface area contributed by atoms with Crippen LogP contribution in [0.4, 0.5) is 11.5 Å². The van der Waals surface area contributed by atoms with Gasteiger partial charge in [-0.05, 0) is 36.3 Å². The SMILES string of the molecule is CCN(C(=O)COC(=O)/C=C/c1cccc(OC)c1)c1c(N)n(Cc2ccccc2)c(=O)[nH]c1=O. The number of likely N-dealkylation sites (N-methyl/N-ethyl adjacent to an activating group) is 1. The summed E-state index contributed by atoms with van der Waals surface area (Å²) in [5, 5.41) is 0. The minimum Gasteiger partial charge on any atom is -0.497 e. The Morgan fingerprint density at radius 2 is 1.86 bits per heavy atom. The molecule has 0 aliphatic rings. The van der Waals surface area contributed by atoms with E-state index in [-0.39, 0.29) is 24.6 Å². The number of rotatable bonds is 9. The Hall–Kier alpha value is -4.60. The molecule has 0 bridgehead atoms. The summed E-state index contributed by atoms with van der Waals surface area (Å²) in [6.07, 6.45) is 2.70. The largest absolute Gasteiger partial charge is 0.497 e. The highest BCUT2D eigenvalue weighted by Crippen LogP contribution is 2.18. The summed E-state index contributed by atoms with van der Waals surface area (Å²) in [7, 11) is 1.54. The number of aromatic nitrogens is 2. The zero-order valence-corrected chi connectivity index (χ0v) is 19.4. The monoisotopic (exact) mass is 478 g/mol. The fourth-order valence-corrected chi connectivity index (χ4v) is 3.39. The number of nitrogens with zero attached hydrogens (tertiary/aromatic N) is 2. The molecule has 1 aromatic heterocycles. The Labute approximate surface area is 201 Å². The third-order valence-corrected chi connectivity index (χ3v) is 5.13. The Morgan fingerprint density at radius 3 is 2.54 bits per heavy atom. The number of benzene rings is 2. The molecule has 0 atom stereocenters. The first-order valence-electron chi connectivity index (χ1n) is 10.8. The lowest BCUT2D eigenvalue weighted by Crippen LogP contribution is -2.42.